The second kappa shape index (κ2) is 5.00. The van der Waals surface area contributed by atoms with E-state index in [9.17, 15) is 4.79 Å². The number of nitrogens with zero attached hydrogens (tertiary/aromatic N) is 4. The first-order valence-corrected chi connectivity index (χ1v) is 7.08. The number of amidine groups is 1. The minimum Gasteiger partial charge on any atom is -0.301 e. The fraction of sp³-hybridized carbons (Fsp3) is 0.333. The normalized spacial score (nSPS) is 14.7. The summed E-state index contributed by atoms with van der Waals surface area (Å²) in [5.41, 5.74) is 2.24. The minimum absolute atomic E-state index is 0.152. The van der Waals surface area contributed by atoms with Gasteiger partial charge in [-0.05, 0) is 25.1 Å². The molecule has 1 aliphatic heterocycles. The van der Waals surface area contributed by atoms with Crippen molar-refractivity contribution in [2.45, 2.75) is 13.5 Å². The van der Waals surface area contributed by atoms with Crippen LogP contribution in [0.4, 0.5) is 0 Å². The molecule has 0 saturated heterocycles. The number of hydrogen-bond donors (Lipinski definition) is 1. The minimum atomic E-state index is -0.152. The predicted molar refractivity (Wildman–Crippen MR) is 75.4 cm³/mol. The third-order valence-electron chi connectivity index (χ3n) is 2.88. The number of aromatic nitrogens is 3. The maximum Gasteiger partial charge on any atom is 0.257 e. The number of carbonyl (C=O) groups is 1. The molecule has 0 radical (unpaired) electrons. The number of thioether (sulfide) groups is 1. The van der Waals surface area contributed by atoms with Gasteiger partial charge in [-0.1, -0.05) is 17.0 Å². The molecule has 19 heavy (non-hydrogen) atoms. The number of benzene rings is 1. The van der Waals surface area contributed by atoms with Crippen molar-refractivity contribution >= 4 is 33.9 Å². The van der Waals surface area contributed by atoms with Crippen molar-refractivity contribution in [2.24, 2.45) is 4.99 Å². The Morgan fingerprint density at radius 3 is 3.16 bits per heavy atom. The van der Waals surface area contributed by atoms with Crippen LogP contribution in [0.5, 0.6) is 0 Å². The van der Waals surface area contributed by atoms with Gasteiger partial charge in [0.15, 0.2) is 5.17 Å². The molecule has 0 fully saturated rings. The van der Waals surface area contributed by atoms with E-state index < -0.39 is 0 Å². The molecule has 0 atom stereocenters. The van der Waals surface area contributed by atoms with Crippen LogP contribution in [0, 0.1) is 0 Å². The van der Waals surface area contributed by atoms with E-state index in [4.69, 9.17) is 0 Å². The molecule has 1 aromatic heterocycles. The Hall–Kier alpha value is -1.89. The maximum atomic E-state index is 12.1. The van der Waals surface area contributed by atoms with Gasteiger partial charge in [-0.3, -0.25) is 9.79 Å². The van der Waals surface area contributed by atoms with E-state index >= 15 is 0 Å². The summed E-state index contributed by atoms with van der Waals surface area (Å²) in [4.78, 5) is 16.3. The predicted octanol–water partition coefficient (Wildman–Crippen LogP) is 1.28. The number of hydrogen-bond acceptors (Lipinski definition) is 5. The zero-order valence-corrected chi connectivity index (χ0v) is 11.3. The quantitative estimate of drug-likeness (QED) is 0.896. The van der Waals surface area contributed by atoms with Crippen molar-refractivity contribution in [3.8, 4) is 0 Å². The van der Waals surface area contributed by atoms with Crippen LogP contribution in [0.15, 0.2) is 23.2 Å². The summed E-state index contributed by atoms with van der Waals surface area (Å²) in [5.74, 6) is 0.778. The summed E-state index contributed by atoms with van der Waals surface area (Å²) >= 11 is 1.56. The van der Waals surface area contributed by atoms with Crippen LogP contribution in [-0.2, 0) is 6.54 Å². The smallest absolute Gasteiger partial charge is 0.257 e. The van der Waals surface area contributed by atoms with Gasteiger partial charge in [0.05, 0.1) is 12.1 Å². The van der Waals surface area contributed by atoms with Crippen LogP contribution in [0.3, 0.4) is 0 Å². The molecule has 6 nitrogen and oxygen atoms in total. The monoisotopic (exact) mass is 275 g/mol. The van der Waals surface area contributed by atoms with Crippen LogP contribution in [0.2, 0.25) is 0 Å². The van der Waals surface area contributed by atoms with Gasteiger partial charge in [-0.2, -0.15) is 0 Å². The first-order chi connectivity index (χ1) is 9.28. The summed E-state index contributed by atoms with van der Waals surface area (Å²) in [5, 5.41) is 11.6. The molecule has 1 aromatic carbocycles. The van der Waals surface area contributed by atoms with Crippen LogP contribution in [0.25, 0.3) is 11.0 Å². The molecule has 1 aliphatic rings. The molecular formula is C12H13N5OS. The van der Waals surface area contributed by atoms with Crippen molar-refractivity contribution in [3.63, 3.8) is 0 Å². The molecule has 0 aliphatic carbocycles. The molecule has 3 rings (SSSR count). The molecule has 0 unspecified atom stereocenters. The highest BCUT2D eigenvalue weighted by molar-refractivity contribution is 8.14. The highest BCUT2D eigenvalue weighted by Gasteiger charge is 2.14. The number of fused-ring (bicyclic) bond motifs is 1. The Labute approximate surface area is 114 Å². The maximum absolute atomic E-state index is 12.1. The van der Waals surface area contributed by atoms with E-state index in [0.717, 1.165) is 29.9 Å². The topological polar surface area (TPSA) is 72.2 Å². The lowest BCUT2D eigenvalue weighted by molar-refractivity contribution is 0.0978. The third kappa shape index (κ3) is 2.33. The van der Waals surface area contributed by atoms with Crippen LogP contribution < -0.4 is 5.32 Å². The van der Waals surface area contributed by atoms with Crippen molar-refractivity contribution in [2.75, 3.05) is 12.3 Å². The highest BCUT2D eigenvalue weighted by Crippen LogP contribution is 2.14. The average Bonchev–Trinajstić information content (AvgIpc) is 3.06. The Balaban J connectivity index is 1.86. The molecule has 2 aromatic rings. The fourth-order valence-electron chi connectivity index (χ4n) is 1.93. The molecule has 2 heterocycles. The Morgan fingerprint density at radius 2 is 2.42 bits per heavy atom. The fourth-order valence-corrected chi connectivity index (χ4v) is 2.65. The lowest BCUT2D eigenvalue weighted by Crippen LogP contribution is -2.27. The van der Waals surface area contributed by atoms with Gasteiger partial charge in [-0.15, -0.1) is 5.10 Å². The summed E-state index contributed by atoms with van der Waals surface area (Å²) < 4.78 is 1.80. The number of nitrogens with one attached hydrogen (secondary N) is 1. The van der Waals surface area contributed by atoms with Gasteiger partial charge in [0.1, 0.15) is 5.52 Å². The molecule has 7 heteroatoms. The van der Waals surface area contributed by atoms with E-state index in [1.807, 2.05) is 13.0 Å². The van der Waals surface area contributed by atoms with Crippen molar-refractivity contribution in [3.05, 3.63) is 23.8 Å². The van der Waals surface area contributed by atoms with E-state index in [1.165, 1.54) is 0 Å². The van der Waals surface area contributed by atoms with Crippen molar-refractivity contribution in [1.82, 2.24) is 20.3 Å². The van der Waals surface area contributed by atoms with Crippen LogP contribution in [0.1, 0.15) is 17.3 Å². The first-order valence-electron chi connectivity index (χ1n) is 6.10. The van der Waals surface area contributed by atoms with Gasteiger partial charge < -0.3 is 5.32 Å². The standard InChI is InChI=1S/C12H13N5OS/c1-2-17-10-4-3-8(7-9(10)15-16-17)11(18)14-12-13-5-6-19-12/h3-4,7H,2,5-6H2,1H3,(H,13,14,18). The molecular weight excluding hydrogens is 262 g/mol. The number of carbonyl (C=O) groups excluding carboxylic acids is 1. The largest absolute Gasteiger partial charge is 0.301 e. The van der Waals surface area contributed by atoms with E-state index in [-0.39, 0.29) is 5.91 Å². The second-order valence-electron chi connectivity index (χ2n) is 4.10. The van der Waals surface area contributed by atoms with Gasteiger partial charge in [-0.25, -0.2) is 4.68 Å². The van der Waals surface area contributed by atoms with Crippen LogP contribution >= 0.6 is 11.8 Å². The average molecular weight is 275 g/mol. The lowest BCUT2D eigenvalue weighted by Gasteiger charge is -2.04. The van der Waals surface area contributed by atoms with Gasteiger partial charge >= 0.3 is 0 Å². The number of aryl methyl sites for hydroxylation is 1. The number of aliphatic imine (C=N–C) groups is 1. The van der Waals surface area contributed by atoms with Gasteiger partial charge in [0, 0.05) is 17.9 Å². The summed E-state index contributed by atoms with van der Waals surface area (Å²) in [6, 6.07) is 5.41. The van der Waals surface area contributed by atoms with Crippen molar-refractivity contribution in [1.29, 1.82) is 0 Å². The number of amides is 1. The Morgan fingerprint density at radius 1 is 1.53 bits per heavy atom. The Kier molecular flexibility index (Phi) is 3.20. The highest BCUT2D eigenvalue weighted by atomic mass is 32.2. The van der Waals surface area contributed by atoms with E-state index in [1.54, 1.807) is 28.6 Å². The summed E-state index contributed by atoms with van der Waals surface area (Å²) in [7, 11) is 0. The van der Waals surface area contributed by atoms with Crippen LogP contribution in [-0.4, -0.2) is 38.4 Å². The molecule has 98 valence electrons. The SMILES string of the molecule is CCn1nnc2cc(C(=O)NC3=NCCS3)ccc21. The summed E-state index contributed by atoms with van der Waals surface area (Å²) in [6.45, 7) is 3.53. The zero-order chi connectivity index (χ0) is 13.2. The zero-order valence-electron chi connectivity index (χ0n) is 10.5. The molecule has 0 bridgehead atoms. The van der Waals surface area contributed by atoms with E-state index in [0.29, 0.717) is 10.7 Å². The second-order valence-corrected chi connectivity index (χ2v) is 5.18. The lowest BCUT2D eigenvalue weighted by atomic mass is 10.2. The Bertz CT molecular complexity index is 663. The third-order valence-corrected chi connectivity index (χ3v) is 3.77. The molecule has 1 amide bonds. The number of rotatable bonds is 2. The molecule has 0 spiro atoms. The van der Waals surface area contributed by atoms with Crippen molar-refractivity contribution < 1.29 is 4.79 Å². The molecule has 1 N–H and O–H groups in total. The first kappa shape index (κ1) is 12.2. The van der Waals surface area contributed by atoms with Gasteiger partial charge in [0.25, 0.3) is 5.91 Å². The summed E-state index contributed by atoms with van der Waals surface area (Å²) in [6.07, 6.45) is 0. The van der Waals surface area contributed by atoms with Gasteiger partial charge in [0.2, 0.25) is 0 Å². The van der Waals surface area contributed by atoms with E-state index in [2.05, 4.69) is 20.6 Å². The molecule has 0 saturated carbocycles.